The highest BCUT2D eigenvalue weighted by Gasteiger charge is 2.48. The first-order chi connectivity index (χ1) is 11.3. The Morgan fingerprint density at radius 3 is 2.46 bits per heavy atom. The lowest BCUT2D eigenvalue weighted by atomic mass is 9.83. The van der Waals surface area contributed by atoms with Crippen molar-refractivity contribution in [3.8, 4) is 5.75 Å². The third-order valence-electron chi connectivity index (χ3n) is 5.05. The number of ether oxygens (including phenoxy) is 1. The number of benzene rings is 1. The van der Waals surface area contributed by atoms with Crippen LogP contribution in [0, 0.1) is 0 Å². The molecule has 1 aromatic carbocycles. The number of rotatable bonds is 2. The Balaban J connectivity index is 1.57. The van der Waals surface area contributed by atoms with Gasteiger partial charge in [0.2, 0.25) is 10.0 Å². The summed E-state index contributed by atoms with van der Waals surface area (Å²) in [5, 5.41) is 0.507. The van der Waals surface area contributed by atoms with Gasteiger partial charge < -0.3 is 4.74 Å². The van der Waals surface area contributed by atoms with Crippen molar-refractivity contribution in [2.24, 2.45) is 0 Å². The molecule has 1 aromatic rings. The van der Waals surface area contributed by atoms with Crippen molar-refractivity contribution < 1.29 is 17.9 Å². The van der Waals surface area contributed by atoms with Crippen molar-refractivity contribution >= 4 is 39.0 Å². The Hall–Kier alpha value is -0.820. The van der Waals surface area contributed by atoms with Crippen molar-refractivity contribution in [2.45, 2.75) is 43.0 Å². The number of fused-ring (bicyclic) bond motifs is 1. The largest absolute Gasteiger partial charge is 0.484 e. The number of carbonyl (C=O) groups is 1. The first kappa shape index (κ1) is 16.6. The summed E-state index contributed by atoms with van der Waals surface area (Å²) < 4.78 is 32.4. The van der Waals surface area contributed by atoms with Crippen LogP contribution in [0.4, 0.5) is 0 Å². The quantitative estimate of drug-likeness (QED) is 0.778. The summed E-state index contributed by atoms with van der Waals surface area (Å²) >= 11 is 12.2. The van der Waals surface area contributed by atoms with E-state index < -0.39 is 15.6 Å². The van der Waals surface area contributed by atoms with Gasteiger partial charge in [-0.25, -0.2) is 12.7 Å². The van der Waals surface area contributed by atoms with Gasteiger partial charge in [-0.05, 0) is 25.0 Å². The van der Waals surface area contributed by atoms with E-state index in [-0.39, 0.29) is 17.5 Å². The fourth-order valence-electron chi connectivity index (χ4n) is 3.52. The molecular formula is C16H17Cl2NO4S. The molecule has 0 radical (unpaired) electrons. The maximum absolute atomic E-state index is 12.5. The maximum Gasteiger partial charge on any atom is 0.216 e. The molecule has 2 fully saturated rings. The molecular weight excluding hydrogens is 373 g/mol. The minimum Gasteiger partial charge on any atom is -0.484 e. The highest BCUT2D eigenvalue weighted by molar-refractivity contribution is 7.90. The predicted molar refractivity (Wildman–Crippen MR) is 91.5 cm³/mol. The Morgan fingerprint density at radius 1 is 1.17 bits per heavy atom. The molecule has 0 unspecified atom stereocenters. The second kappa shape index (κ2) is 5.59. The zero-order valence-electron chi connectivity index (χ0n) is 12.9. The van der Waals surface area contributed by atoms with Gasteiger partial charge in [-0.3, -0.25) is 4.79 Å². The molecule has 5 nitrogen and oxygen atoms in total. The highest BCUT2D eigenvalue weighted by Crippen LogP contribution is 2.44. The van der Waals surface area contributed by atoms with Gasteiger partial charge in [0.15, 0.2) is 5.78 Å². The van der Waals surface area contributed by atoms with Crippen molar-refractivity contribution in [2.75, 3.05) is 13.1 Å². The molecule has 1 spiro atoms. The van der Waals surface area contributed by atoms with Gasteiger partial charge in [-0.1, -0.05) is 23.2 Å². The molecule has 130 valence electrons. The summed E-state index contributed by atoms with van der Waals surface area (Å²) in [7, 11) is -3.18. The van der Waals surface area contributed by atoms with Crippen LogP contribution in [0.3, 0.4) is 0 Å². The monoisotopic (exact) mass is 389 g/mol. The summed E-state index contributed by atoms with van der Waals surface area (Å²) in [5.41, 5.74) is -0.261. The van der Waals surface area contributed by atoms with E-state index in [4.69, 9.17) is 27.9 Å². The number of sulfonamides is 1. The first-order valence-electron chi connectivity index (χ1n) is 8.01. The van der Waals surface area contributed by atoms with Crippen LogP contribution in [0.25, 0.3) is 0 Å². The molecule has 3 aliphatic rings. The van der Waals surface area contributed by atoms with Crippen LogP contribution in [0.5, 0.6) is 5.75 Å². The summed E-state index contributed by atoms with van der Waals surface area (Å²) in [6.45, 7) is 0.763. The van der Waals surface area contributed by atoms with Crippen molar-refractivity contribution in [1.29, 1.82) is 0 Å². The average Bonchev–Trinajstić information content (AvgIpc) is 3.34. The molecule has 0 amide bonds. The van der Waals surface area contributed by atoms with Crippen LogP contribution in [-0.2, 0) is 10.0 Å². The van der Waals surface area contributed by atoms with E-state index in [1.165, 1.54) is 0 Å². The van der Waals surface area contributed by atoms with Crippen LogP contribution < -0.4 is 4.74 Å². The topological polar surface area (TPSA) is 63.7 Å². The molecule has 1 saturated heterocycles. The van der Waals surface area contributed by atoms with E-state index in [1.54, 1.807) is 16.4 Å². The highest BCUT2D eigenvalue weighted by atomic mass is 35.5. The zero-order valence-corrected chi connectivity index (χ0v) is 15.3. The van der Waals surface area contributed by atoms with E-state index in [9.17, 15) is 13.2 Å². The first-order valence-corrected chi connectivity index (χ1v) is 10.3. The number of carbonyl (C=O) groups excluding carboxylic acids is 1. The molecule has 8 heteroatoms. The van der Waals surface area contributed by atoms with Crippen LogP contribution in [0.1, 0.15) is 42.5 Å². The SMILES string of the molecule is O=C1CC2(CCN(S(=O)(=O)C3CC3)CC2)Oc2c(Cl)cc(Cl)cc21. The van der Waals surface area contributed by atoms with Gasteiger partial charge in [0.05, 0.1) is 22.3 Å². The van der Waals surface area contributed by atoms with Crippen LogP contribution in [0.15, 0.2) is 12.1 Å². The van der Waals surface area contributed by atoms with E-state index in [0.29, 0.717) is 47.3 Å². The van der Waals surface area contributed by atoms with Gasteiger partial charge >= 0.3 is 0 Å². The van der Waals surface area contributed by atoms with Gasteiger partial charge in [0.1, 0.15) is 11.4 Å². The summed E-state index contributed by atoms with van der Waals surface area (Å²) in [5.74, 6) is 0.315. The minimum atomic E-state index is -3.18. The summed E-state index contributed by atoms with van der Waals surface area (Å²) in [4.78, 5) is 12.5. The van der Waals surface area contributed by atoms with Gasteiger partial charge in [0.25, 0.3) is 0 Å². The molecule has 1 aliphatic carbocycles. The number of halogens is 2. The average molecular weight is 390 g/mol. The van der Waals surface area contributed by atoms with Gasteiger partial charge in [-0.2, -0.15) is 0 Å². The summed E-state index contributed by atoms with van der Waals surface area (Å²) in [6.07, 6.45) is 2.71. The van der Waals surface area contributed by atoms with E-state index in [2.05, 4.69) is 0 Å². The lowest BCUT2D eigenvalue weighted by Crippen LogP contribution is -2.52. The van der Waals surface area contributed by atoms with Crippen molar-refractivity contribution in [1.82, 2.24) is 4.31 Å². The lowest BCUT2D eigenvalue weighted by Gasteiger charge is -2.43. The standard InChI is InChI=1S/C16H17Cl2NO4S/c17-10-7-12-14(20)9-16(23-15(12)13(18)8-10)3-5-19(6-4-16)24(21,22)11-1-2-11/h7-8,11H,1-6,9H2. The molecule has 24 heavy (non-hydrogen) atoms. The molecule has 2 heterocycles. The number of Topliss-reactive ketones (excluding diaryl/α,β-unsaturated/α-hetero) is 1. The number of hydrogen-bond donors (Lipinski definition) is 0. The van der Waals surface area contributed by atoms with Crippen LogP contribution in [-0.4, -0.2) is 42.4 Å². The normalized spacial score (nSPS) is 23.8. The molecule has 0 N–H and O–H groups in total. The van der Waals surface area contributed by atoms with Crippen LogP contribution >= 0.6 is 23.2 Å². The second-order valence-corrected chi connectivity index (χ2v) is 9.85. The Kier molecular flexibility index (Phi) is 3.88. The number of hydrogen-bond acceptors (Lipinski definition) is 4. The van der Waals surface area contributed by atoms with Crippen molar-refractivity contribution in [3.63, 3.8) is 0 Å². The van der Waals surface area contributed by atoms with Gasteiger partial charge in [-0.15, -0.1) is 0 Å². The minimum absolute atomic E-state index is 0.0563. The van der Waals surface area contributed by atoms with Gasteiger partial charge in [0, 0.05) is 31.0 Å². The second-order valence-electron chi connectivity index (χ2n) is 6.79. The van der Waals surface area contributed by atoms with E-state index >= 15 is 0 Å². The van der Waals surface area contributed by atoms with Crippen molar-refractivity contribution in [3.05, 3.63) is 27.7 Å². The molecule has 0 atom stereocenters. The smallest absolute Gasteiger partial charge is 0.216 e. The third-order valence-corrected chi connectivity index (χ3v) is 7.95. The van der Waals surface area contributed by atoms with E-state index in [0.717, 1.165) is 12.8 Å². The molecule has 4 rings (SSSR count). The molecule has 1 saturated carbocycles. The molecule has 2 aliphatic heterocycles. The Bertz CT molecular complexity index is 812. The third kappa shape index (κ3) is 2.73. The number of nitrogens with zero attached hydrogens (tertiary/aromatic N) is 1. The predicted octanol–water partition coefficient (Wildman–Crippen LogP) is 3.29. The fraction of sp³-hybridized carbons (Fsp3) is 0.562. The number of piperidine rings is 1. The number of ketones is 1. The fourth-order valence-corrected chi connectivity index (χ4v) is 5.89. The maximum atomic E-state index is 12.5. The summed E-state index contributed by atoms with van der Waals surface area (Å²) in [6, 6.07) is 3.13. The molecule has 0 aromatic heterocycles. The Morgan fingerprint density at radius 2 is 1.83 bits per heavy atom. The Labute approximate surface area is 150 Å². The zero-order chi connectivity index (χ0) is 17.1. The molecule has 0 bridgehead atoms. The van der Waals surface area contributed by atoms with E-state index in [1.807, 2.05) is 0 Å². The van der Waals surface area contributed by atoms with Crippen LogP contribution in [0.2, 0.25) is 10.0 Å². The lowest BCUT2D eigenvalue weighted by molar-refractivity contribution is 0.00595.